The van der Waals surface area contributed by atoms with Gasteiger partial charge in [0.05, 0.1) is 12.0 Å². The van der Waals surface area contributed by atoms with Gasteiger partial charge in [-0.25, -0.2) is 0 Å². The Kier molecular flexibility index (Phi) is 3.43. The van der Waals surface area contributed by atoms with Crippen molar-refractivity contribution in [3.63, 3.8) is 0 Å². The minimum Gasteiger partial charge on any atom is -0.469 e. The fourth-order valence-corrected chi connectivity index (χ4v) is 2.31. The molecule has 0 saturated heterocycles. The van der Waals surface area contributed by atoms with Gasteiger partial charge in [0.25, 0.3) is 0 Å². The monoisotopic (exact) mass is 248 g/mol. The van der Waals surface area contributed by atoms with E-state index < -0.39 is 0 Å². The third kappa shape index (κ3) is 2.13. The van der Waals surface area contributed by atoms with Crippen LogP contribution < -0.4 is 10.6 Å². The van der Waals surface area contributed by atoms with Crippen LogP contribution in [0.4, 0.5) is 5.82 Å². The number of nitrogens with two attached hydrogens (primary N) is 1. The molecule has 2 aromatic rings. The van der Waals surface area contributed by atoms with E-state index in [2.05, 4.69) is 10.00 Å². The molecule has 98 valence electrons. The molecule has 2 aromatic heterocycles. The number of aryl methyl sites for hydroxylation is 3. The van der Waals surface area contributed by atoms with Crippen LogP contribution in [0.15, 0.2) is 16.7 Å². The van der Waals surface area contributed by atoms with E-state index >= 15 is 0 Å². The van der Waals surface area contributed by atoms with Crippen molar-refractivity contribution in [2.24, 2.45) is 12.8 Å². The molecule has 0 atom stereocenters. The number of hydrogen-bond acceptors (Lipinski definition) is 4. The van der Waals surface area contributed by atoms with Crippen LogP contribution in [0.5, 0.6) is 0 Å². The Hall–Kier alpha value is -1.75. The van der Waals surface area contributed by atoms with E-state index in [1.807, 2.05) is 38.7 Å². The van der Waals surface area contributed by atoms with E-state index in [1.165, 1.54) is 5.56 Å². The third-order valence-electron chi connectivity index (χ3n) is 3.25. The summed E-state index contributed by atoms with van der Waals surface area (Å²) < 4.78 is 7.20. The standard InChI is InChI=1S/C13H20N4O/c1-9-12(7-14)13(17(4)15-9)16(3)8-11-5-6-18-10(11)2/h5-6H,7-8,14H2,1-4H3. The Balaban J connectivity index is 2.29. The lowest BCUT2D eigenvalue weighted by atomic mass is 10.2. The van der Waals surface area contributed by atoms with Gasteiger partial charge in [0.1, 0.15) is 11.6 Å². The summed E-state index contributed by atoms with van der Waals surface area (Å²) in [6, 6.07) is 2.00. The van der Waals surface area contributed by atoms with Crippen molar-refractivity contribution in [1.82, 2.24) is 9.78 Å². The topological polar surface area (TPSA) is 60.2 Å². The van der Waals surface area contributed by atoms with Gasteiger partial charge in [-0.3, -0.25) is 4.68 Å². The van der Waals surface area contributed by atoms with Crippen LogP contribution in [0, 0.1) is 13.8 Å². The van der Waals surface area contributed by atoms with Crippen molar-refractivity contribution in [1.29, 1.82) is 0 Å². The van der Waals surface area contributed by atoms with Crippen LogP contribution in [-0.4, -0.2) is 16.8 Å². The van der Waals surface area contributed by atoms with Gasteiger partial charge in [0.15, 0.2) is 0 Å². The zero-order chi connectivity index (χ0) is 13.3. The first-order valence-electron chi connectivity index (χ1n) is 6.01. The summed E-state index contributed by atoms with van der Waals surface area (Å²) in [5.74, 6) is 2.02. The lowest BCUT2D eigenvalue weighted by Crippen LogP contribution is -2.21. The summed E-state index contributed by atoms with van der Waals surface area (Å²) >= 11 is 0. The van der Waals surface area contributed by atoms with Crippen LogP contribution >= 0.6 is 0 Å². The van der Waals surface area contributed by atoms with Gasteiger partial charge < -0.3 is 15.1 Å². The summed E-state index contributed by atoms with van der Waals surface area (Å²) in [4.78, 5) is 2.15. The molecule has 0 amide bonds. The number of hydrogen-bond donors (Lipinski definition) is 1. The van der Waals surface area contributed by atoms with E-state index in [0.29, 0.717) is 6.54 Å². The molecule has 0 unspecified atom stereocenters. The van der Waals surface area contributed by atoms with Gasteiger partial charge in [-0.1, -0.05) is 0 Å². The first-order chi connectivity index (χ1) is 8.54. The fraction of sp³-hybridized carbons (Fsp3) is 0.462. The molecule has 0 aromatic carbocycles. The summed E-state index contributed by atoms with van der Waals surface area (Å²) in [5, 5.41) is 4.43. The fourth-order valence-electron chi connectivity index (χ4n) is 2.31. The number of aromatic nitrogens is 2. The molecule has 18 heavy (non-hydrogen) atoms. The van der Waals surface area contributed by atoms with Crippen molar-refractivity contribution in [3.8, 4) is 0 Å². The van der Waals surface area contributed by atoms with Gasteiger partial charge in [-0.2, -0.15) is 5.10 Å². The average molecular weight is 248 g/mol. The van der Waals surface area contributed by atoms with E-state index in [9.17, 15) is 0 Å². The maximum Gasteiger partial charge on any atom is 0.131 e. The molecule has 2 rings (SSSR count). The molecule has 0 radical (unpaired) electrons. The van der Waals surface area contributed by atoms with Crippen LogP contribution in [-0.2, 0) is 20.1 Å². The van der Waals surface area contributed by atoms with Gasteiger partial charge in [-0.15, -0.1) is 0 Å². The van der Waals surface area contributed by atoms with Crippen molar-refractivity contribution < 1.29 is 4.42 Å². The molecule has 0 aliphatic rings. The summed E-state index contributed by atoms with van der Waals surface area (Å²) in [6.07, 6.45) is 1.72. The molecule has 0 fully saturated rings. The molecule has 0 aliphatic heterocycles. The molecule has 0 bridgehead atoms. The van der Waals surface area contributed by atoms with E-state index in [-0.39, 0.29) is 0 Å². The number of rotatable bonds is 4. The molecule has 5 nitrogen and oxygen atoms in total. The Bertz CT molecular complexity index is 541. The highest BCUT2D eigenvalue weighted by atomic mass is 16.3. The molecule has 0 saturated carbocycles. The lowest BCUT2D eigenvalue weighted by molar-refractivity contribution is 0.529. The minimum atomic E-state index is 0.504. The molecule has 0 spiro atoms. The van der Waals surface area contributed by atoms with Crippen molar-refractivity contribution in [2.45, 2.75) is 26.9 Å². The zero-order valence-corrected chi connectivity index (χ0v) is 11.4. The van der Waals surface area contributed by atoms with Crippen molar-refractivity contribution in [2.75, 3.05) is 11.9 Å². The van der Waals surface area contributed by atoms with Gasteiger partial charge in [0.2, 0.25) is 0 Å². The summed E-state index contributed by atoms with van der Waals surface area (Å²) in [7, 11) is 3.99. The van der Waals surface area contributed by atoms with E-state index in [4.69, 9.17) is 10.2 Å². The zero-order valence-electron chi connectivity index (χ0n) is 11.4. The Morgan fingerprint density at radius 2 is 2.17 bits per heavy atom. The Morgan fingerprint density at radius 1 is 1.44 bits per heavy atom. The second-order valence-corrected chi connectivity index (χ2v) is 4.57. The Labute approximate surface area is 107 Å². The first-order valence-corrected chi connectivity index (χ1v) is 6.01. The minimum absolute atomic E-state index is 0.504. The maximum atomic E-state index is 5.81. The molecule has 0 aliphatic carbocycles. The van der Waals surface area contributed by atoms with Gasteiger partial charge >= 0.3 is 0 Å². The molecule has 2 N–H and O–H groups in total. The smallest absolute Gasteiger partial charge is 0.131 e. The third-order valence-corrected chi connectivity index (χ3v) is 3.25. The largest absolute Gasteiger partial charge is 0.469 e. The second-order valence-electron chi connectivity index (χ2n) is 4.57. The predicted molar refractivity (Wildman–Crippen MR) is 71.4 cm³/mol. The highest BCUT2D eigenvalue weighted by Crippen LogP contribution is 2.24. The highest BCUT2D eigenvalue weighted by Gasteiger charge is 2.16. The van der Waals surface area contributed by atoms with Crippen molar-refractivity contribution >= 4 is 5.82 Å². The van der Waals surface area contributed by atoms with Crippen LogP contribution in [0.25, 0.3) is 0 Å². The summed E-state index contributed by atoms with van der Waals surface area (Å²) in [5.41, 5.74) is 9.08. The van der Waals surface area contributed by atoms with Crippen LogP contribution in [0.1, 0.15) is 22.6 Å². The predicted octanol–water partition coefficient (Wildman–Crippen LogP) is 1.73. The summed E-state index contributed by atoms with van der Waals surface area (Å²) in [6.45, 7) is 5.25. The molecular formula is C13H20N4O. The quantitative estimate of drug-likeness (QED) is 0.895. The number of furan rings is 1. The SMILES string of the molecule is Cc1nn(C)c(N(C)Cc2ccoc2C)c1CN. The first kappa shape index (κ1) is 12.7. The second kappa shape index (κ2) is 4.86. The van der Waals surface area contributed by atoms with E-state index in [1.54, 1.807) is 6.26 Å². The molecular weight excluding hydrogens is 228 g/mol. The lowest BCUT2D eigenvalue weighted by Gasteiger charge is -2.20. The molecule has 5 heteroatoms. The normalized spacial score (nSPS) is 10.9. The average Bonchev–Trinajstić information content (AvgIpc) is 2.82. The molecule has 2 heterocycles. The van der Waals surface area contributed by atoms with Gasteiger partial charge in [-0.05, 0) is 19.9 Å². The van der Waals surface area contributed by atoms with Gasteiger partial charge in [0, 0.05) is 38.3 Å². The van der Waals surface area contributed by atoms with Crippen molar-refractivity contribution in [3.05, 3.63) is 34.9 Å². The Morgan fingerprint density at radius 3 is 2.72 bits per heavy atom. The van der Waals surface area contributed by atoms with Crippen LogP contribution in [0.2, 0.25) is 0 Å². The number of nitrogens with zero attached hydrogens (tertiary/aromatic N) is 3. The van der Waals surface area contributed by atoms with E-state index in [0.717, 1.165) is 29.4 Å². The highest BCUT2D eigenvalue weighted by molar-refractivity contribution is 5.50. The van der Waals surface area contributed by atoms with Crippen LogP contribution in [0.3, 0.4) is 0 Å². The number of anilines is 1. The maximum absolute atomic E-state index is 5.81.